The molecule has 3 rings (SSSR count). The van der Waals surface area contributed by atoms with Gasteiger partial charge in [-0.25, -0.2) is 4.79 Å². The Morgan fingerprint density at radius 3 is 3.12 bits per heavy atom. The Balaban J connectivity index is 1.34. The lowest BCUT2D eigenvalue weighted by Gasteiger charge is -2.30. The molecule has 0 saturated carbocycles. The van der Waals surface area contributed by atoms with E-state index in [1.54, 1.807) is 0 Å². The van der Waals surface area contributed by atoms with Gasteiger partial charge in [-0.1, -0.05) is 13.0 Å². The number of aromatic nitrogens is 3. The van der Waals surface area contributed by atoms with Crippen molar-refractivity contribution in [3.05, 3.63) is 30.2 Å². The lowest BCUT2D eigenvalue weighted by Crippen LogP contribution is -2.39. The summed E-state index contributed by atoms with van der Waals surface area (Å²) in [6.45, 7) is 6.80. The zero-order chi connectivity index (χ0) is 16.8. The minimum absolute atomic E-state index is 0.158. The lowest BCUT2D eigenvalue weighted by atomic mass is 10.0. The monoisotopic (exact) mass is 330 g/mol. The Kier molecular flexibility index (Phi) is 5.63. The van der Waals surface area contributed by atoms with Crippen LogP contribution in [-0.4, -0.2) is 51.7 Å². The van der Waals surface area contributed by atoms with Crippen LogP contribution >= 0.6 is 0 Å². The average Bonchev–Trinajstić information content (AvgIpc) is 3.00. The summed E-state index contributed by atoms with van der Waals surface area (Å²) >= 11 is 0. The number of amides is 2. The van der Waals surface area contributed by atoms with E-state index in [2.05, 4.69) is 32.7 Å². The number of carbonyl (C=O) groups excluding carboxylic acids is 1. The van der Waals surface area contributed by atoms with E-state index in [0.717, 1.165) is 30.4 Å². The second-order valence-electron chi connectivity index (χ2n) is 6.56. The molecule has 0 unspecified atom stereocenters. The molecular formula is C17H26N6O. The fraction of sp³-hybridized carbons (Fsp3) is 0.588. The van der Waals surface area contributed by atoms with Crippen LogP contribution in [0.15, 0.2) is 24.4 Å². The standard InChI is InChI=1S/C17H26N6O/c1-14-6-4-9-22(13-14)10-5-8-18-17(24)19-12-16-21-20-15-7-2-3-11-23(15)16/h2-3,7,11,14H,4-6,8-10,12-13H2,1H3,(H2,18,19,24)/t14-/m1/s1. The van der Waals surface area contributed by atoms with Crippen LogP contribution in [0.25, 0.3) is 5.65 Å². The van der Waals surface area contributed by atoms with Gasteiger partial charge in [-0.2, -0.15) is 0 Å². The molecule has 0 radical (unpaired) electrons. The van der Waals surface area contributed by atoms with Crippen LogP contribution in [-0.2, 0) is 6.54 Å². The van der Waals surface area contributed by atoms with Crippen molar-refractivity contribution in [2.24, 2.45) is 5.92 Å². The molecule has 1 fully saturated rings. The van der Waals surface area contributed by atoms with Gasteiger partial charge in [0.05, 0.1) is 6.54 Å². The second-order valence-corrected chi connectivity index (χ2v) is 6.56. The molecule has 7 nitrogen and oxygen atoms in total. The molecule has 1 saturated heterocycles. The third-order valence-corrected chi connectivity index (χ3v) is 4.47. The van der Waals surface area contributed by atoms with Crippen molar-refractivity contribution in [1.29, 1.82) is 0 Å². The number of likely N-dealkylation sites (tertiary alicyclic amines) is 1. The van der Waals surface area contributed by atoms with Crippen molar-refractivity contribution in [3.8, 4) is 0 Å². The van der Waals surface area contributed by atoms with E-state index in [0.29, 0.717) is 13.1 Å². The molecule has 7 heteroatoms. The fourth-order valence-corrected chi connectivity index (χ4v) is 3.23. The maximum absolute atomic E-state index is 11.9. The number of hydrogen-bond acceptors (Lipinski definition) is 4. The Bertz CT molecular complexity index is 670. The van der Waals surface area contributed by atoms with Crippen LogP contribution in [0.2, 0.25) is 0 Å². The largest absolute Gasteiger partial charge is 0.338 e. The van der Waals surface area contributed by atoms with Crippen molar-refractivity contribution in [2.45, 2.75) is 32.7 Å². The van der Waals surface area contributed by atoms with Gasteiger partial charge < -0.3 is 15.5 Å². The molecular weight excluding hydrogens is 304 g/mol. The molecule has 3 heterocycles. The second kappa shape index (κ2) is 8.10. The summed E-state index contributed by atoms with van der Waals surface area (Å²) in [5, 5.41) is 13.9. The average molecular weight is 330 g/mol. The number of carbonyl (C=O) groups is 1. The van der Waals surface area contributed by atoms with Crippen LogP contribution in [0.3, 0.4) is 0 Å². The molecule has 0 aliphatic carbocycles. The van der Waals surface area contributed by atoms with Crippen molar-refractivity contribution < 1.29 is 4.79 Å². The van der Waals surface area contributed by atoms with Gasteiger partial charge in [0.2, 0.25) is 0 Å². The van der Waals surface area contributed by atoms with Gasteiger partial charge in [-0.05, 0) is 50.4 Å². The number of fused-ring (bicyclic) bond motifs is 1. The summed E-state index contributed by atoms with van der Waals surface area (Å²) in [6.07, 6.45) is 5.51. The molecule has 24 heavy (non-hydrogen) atoms. The molecule has 1 aliphatic rings. The first kappa shape index (κ1) is 16.7. The Morgan fingerprint density at radius 1 is 1.33 bits per heavy atom. The van der Waals surface area contributed by atoms with E-state index in [4.69, 9.17) is 0 Å². The number of nitrogens with zero attached hydrogens (tertiary/aromatic N) is 4. The topological polar surface area (TPSA) is 74.6 Å². The van der Waals surface area contributed by atoms with E-state index in [1.807, 2.05) is 28.8 Å². The number of rotatable bonds is 6. The van der Waals surface area contributed by atoms with Gasteiger partial charge in [-0.3, -0.25) is 4.40 Å². The maximum Gasteiger partial charge on any atom is 0.315 e. The first-order chi connectivity index (χ1) is 11.7. The highest BCUT2D eigenvalue weighted by Crippen LogP contribution is 2.15. The van der Waals surface area contributed by atoms with Crippen LogP contribution in [0.5, 0.6) is 0 Å². The molecule has 2 aromatic rings. The first-order valence-electron chi connectivity index (χ1n) is 8.75. The molecule has 0 bridgehead atoms. The highest BCUT2D eigenvalue weighted by atomic mass is 16.2. The van der Waals surface area contributed by atoms with Gasteiger partial charge in [-0.15, -0.1) is 10.2 Å². The molecule has 0 aromatic carbocycles. The number of urea groups is 1. The Hall–Kier alpha value is -2.15. The van der Waals surface area contributed by atoms with Gasteiger partial charge in [0.25, 0.3) is 0 Å². The summed E-state index contributed by atoms with van der Waals surface area (Å²) in [5.41, 5.74) is 0.783. The van der Waals surface area contributed by atoms with E-state index < -0.39 is 0 Å². The van der Waals surface area contributed by atoms with Crippen molar-refractivity contribution in [3.63, 3.8) is 0 Å². The van der Waals surface area contributed by atoms with Crippen LogP contribution in [0.1, 0.15) is 32.0 Å². The molecule has 1 aliphatic heterocycles. The minimum Gasteiger partial charge on any atom is -0.338 e. The van der Waals surface area contributed by atoms with Crippen LogP contribution < -0.4 is 10.6 Å². The molecule has 2 amide bonds. The van der Waals surface area contributed by atoms with Gasteiger partial charge in [0.15, 0.2) is 11.5 Å². The SMILES string of the molecule is C[C@@H]1CCCN(CCCNC(=O)NCc2nnc3ccccn23)C1. The summed E-state index contributed by atoms with van der Waals surface area (Å²) in [5.74, 6) is 1.52. The zero-order valence-electron chi connectivity index (χ0n) is 14.2. The predicted molar refractivity (Wildman–Crippen MR) is 92.7 cm³/mol. The van der Waals surface area contributed by atoms with Gasteiger partial charge >= 0.3 is 6.03 Å². The molecule has 2 N–H and O–H groups in total. The molecule has 130 valence electrons. The molecule has 0 spiro atoms. The highest BCUT2D eigenvalue weighted by molar-refractivity contribution is 5.73. The summed E-state index contributed by atoms with van der Waals surface area (Å²) in [6, 6.07) is 5.56. The van der Waals surface area contributed by atoms with Gasteiger partial charge in [0.1, 0.15) is 0 Å². The first-order valence-corrected chi connectivity index (χ1v) is 8.75. The molecule has 2 aromatic heterocycles. The number of hydrogen-bond donors (Lipinski definition) is 2. The third kappa shape index (κ3) is 4.44. The smallest absolute Gasteiger partial charge is 0.315 e. The number of nitrogens with one attached hydrogen (secondary N) is 2. The summed E-state index contributed by atoms with van der Waals surface area (Å²) in [4.78, 5) is 14.4. The van der Waals surface area contributed by atoms with Crippen molar-refractivity contribution >= 4 is 11.7 Å². The molecule has 1 atom stereocenters. The Morgan fingerprint density at radius 2 is 2.25 bits per heavy atom. The predicted octanol–water partition coefficient (Wildman–Crippen LogP) is 1.65. The lowest BCUT2D eigenvalue weighted by molar-refractivity contribution is 0.181. The van der Waals surface area contributed by atoms with E-state index >= 15 is 0 Å². The summed E-state index contributed by atoms with van der Waals surface area (Å²) in [7, 11) is 0. The van der Waals surface area contributed by atoms with Crippen molar-refractivity contribution in [2.75, 3.05) is 26.2 Å². The fourth-order valence-electron chi connectivity index (χ4n) is 3.23. The maximum atomic E-state index is 11.9. The van der Waals surface area contributed by atoms with Gasteiger partial charge in [0, 0.05) is 19.3 Å². The van der Waals surface area contributed by atoms with E-state index in [9.17, 15) is 4.79 Å². The summed E-state index contributed by atoms with van der Waals surface area (Å²) < 4.78 is 1.87. The number of piperidine rings is 1. The normalized spacial score (nSPS) is 18.6. The highest BCUT2D eigenvalue weighted by Gasteiger charge is 2.15. The van der Waals surface area contributed by atoms with E-state index in [1.165, 1.54) is 25.9 Å². The van der Waals surface area contributed by atoms with Crippen LogP contribution in [0.4, 0.5) is 4.79 Å². The zero-order valence-corrected chi connectivity index (χ0v) is 14.2. The number of pyridine rings is 1. The van der Waals surface area contributed by atoms with Crippen LogP contribution in [0, 0.1) is 5.92 Å². The van der Waals surface area contributed by atoms with E-state index in [-0.39, 0.29) is 6.03 Å². The van der Waals surface area contributed by atoms with Crippen molar-refractivity contribution in [1.82, 2.24) is 30.1 Å². The Labute approximate surface area is 142 Å². The minimum atomic E-state index is -0.158. The third-order valence-electron chi connectivity index (χ3n) is 4.47. The quantitative estimate of drug-likeness (QED) is 0.790.